The van der Waals surface area contributed by atoms with Gasteiger partial charge in [0.2, 0.25) is 0 Å². The van der Waals surface area contributed by atoms with E-state index in [1.807, 2.05) is 37.3 Å². The topological polar surface area (TPSA) is 64.8 Å². The van der Waals surface area contributed by atoms with Gasteiger partial charge in [0.05, 0.1) is 24.9 Å². The maximum Gasteiger partial charge on any atom is 0.337 e. The van der Waals surface area contributed by atoms with Crippen molar-refractivity contribution < 1.29 is 14.3 Å². The fourth-order valence-corrected chi connectivity index (χ4v) is 2.78. The Kier molecular flexibility index (Phi) is 4.10. The smallest absolute Gasteiger partial charge is 0.337 e. The normalized spacial score (nSPS) is 16.4. The molecule has 2 aromatic carbocycles. The Hall–Kier alpha value is -2.69. The molecular weight excluding hydrogens is 292 g/mol. The molecule has 1 atom stereocenters. The quantitative estimate of drug-likeness (QED) is 0.697. The molecule has 0 saturated carbocycles. The Balaban J connectivity index is 1.83. The van der Waals surface area contributed by atoms with Crippen LogP contribution in [0.1, 0.15) is 22.8 Å². The standard InChI is InChI=1S/C18H20N2O3/c1-12-10-20(16-9-15(19)7-8-17(16)23-12)11-13-3-5-14(6-4-13)18(21)22-2/h3-9,12H,10-11,19H2,1-2H3. The Morgan fingerprint density at radius 1 is 1.30 bits per heavy atom. The molecule has 2 aromatic rings. The van der Waals surface area contributed by atoms with Crippen molar-refractivity contribution in [3.63, 3.8) is 0 Å². The van der Waals surface area contributed by atoms with Gasteiger partial charge in [-0.15, -0.1) is 0 Å². The van der Waals surface area contributed by atoms with E-state index in [2.05, 4.69) is 4.90 Å². The molecular formula is C18H20N2O3. The van der Waals surface area contributed by atoms with Crippen molar-refractivity contribution in [3.8, 4) is 5.75 Å². The van der Waals surface area contributed by atoms with Crippen molar-refractivity contribution in [1.82, 2.24) is 0 Å². The van der Waals surface area contributed by atoms with Gasteiger partial charge in [0.1, 0.15) is 11.9 Å². The number of benzene rings is 2. The lowest BCUT2D eigenvalue weighted by atomic mass is 10.1. The first-order chi connectivity index (χ1) is 11.1. The van der Waals surface area contributed by atoms with Crippen molar-refractivity contribution in [2.45, 2.75) is 19.6 Å². The van der Waals surface area contributed by atoms with E-state index in [1.165, 1.54) is 7.11 Å². The van der Waals surface area contributed by atoms with Crippen molar-refractivity contribution in [1.29, 1.82) is 0 Å². The van der Waals surface area contributed by atoms with Crippen LogP contribution >= 0.6 is 0 Å². The van der Waals surface area contributed by atoms with E-state index in [0.717, 1.165) is 30.1 Å². The van der Waals surface area contributed by atoms with Crippen LogP contribution in [0.2, 0.25) is 0 Å². The van der Waals surface area contributed by atoms with E-state index in [4.69, 9.17) is 15.2 Å². The molecule has 1 aliphatic rings. The third kappa shape index (κ3) is 3.23. The average Bonchev–Trinajstić information content (AvgIpc) is 2.55. The largest absolute Gasteiger partial charge is 0.487 e. The van der Waals surface area contributed by atoms with Gasteiger partial charge in [-0.3, -0.25) is 0 Å². The molecule has 120 valence electrons. The summed E-state index contributed by atoms with van der Waals surface area (Å²) in [7, 11) is 1.38. The first kappa shape index (κ1) is 15.2. The molecule has 23 heavy (non-hydrogen) atoms. The van der Waals surface area contributed by atoms with Gasteiger partial charge in [-0.2, -0.15) is 0 Å². The summed E-state index contributed by atoms with van der Waals surface area (Å²) in [5.41, 5.74) is 9.29. The van der Waals surface area contributed by atoms with Gasteiger partial charge in [0.15, 0.2) is 0 Å². The molecule has 0 amide bonds. The number of hydrogen-bond acceptors (Lipinski definition) is 5. The number of anilines is 2. The highest BCUT2D eigenvalue weighted by atomic mass is 16.5. The van der Waals surface area contributed by atoms with Crippen LogP contribution in [-0.2, 0) is 11.3 Å². The van der Waals surface area contributed by atoms with E-state index < -0.39 is 0 Å². The molecule has 1 aliphatic heterocycles. The van der Waals surface area contributed by atoms with Gasteiger partial charge in [-0.05, 0) is 42.8 Å². The third-order valence-corrected chi connectivity index (χ3v) is 3.88. The number of rotatable bonds is 3. The summed E-state index contributed by atoms with van der Waals surface area (Å²) in [6.45, 7) is 3.56. The molecule has 5 nitrogen and oxygen atoms in total. The van der Waals surface area contributed by atoms with E-state index in [1.54, 1.807) is 12.1 Å². The average molecular weight is 312 g/mol. The van der Waals surface area contributed by atoms with Crippen LogP contribution in [0.4, 0.5) is 11.4 Å². The number of fused-ring (bicyclic) bond motifs is 1. The highest BCUT2D eigenvalue weighted by molar-refractivity contribution is 5.89. The predicted molar refractivity (Wildman–Crippen MR) is 89.8 cm³/mol. The summed E-state index contributed by atoms with van der Waals surface area (Å²) in [5, 5.41) is 0. The molecule has 1 unspecified atom stereocenters. The highest BCUT2D eigenvalue weighted by Crippen LogP contribution is 2.35. The second kappa shape index (κ2) is 6.20. The SMILES string of the molecule is COC(=O)c1ccc(CN2CC(C)Oc3ccc(N)cc32)cc1. The van der Waals surface area contributed by atoms with E-state index in [0.29, 0.717) is 11.3 Å². The minimum Gasteiger partial charge on any atom is -0.487 e. The number of nitrogens with zero attached hydrogens (tertiary/aromatic N) is 1. The predicted octanol–water partition coefficient (Wildman–Crippen LogP) is 2.84. The van der Waals surface area contributed by atoms with Crippen molar-refractivity contribution in [2.24, 2.45) is 0 Å². The fourth-order valence-electron chi connectivity index (χ4n) is 2.78. The monoisotopic (exact) mass is 312 g/mol. The van der Waals surface area contributed by atoms with Crippen molar-refractivity contribution in [2.75, 3.05) is 24.3 Å². The van der Waals surface area contributed by atoms with Gasteiger partial charge < -0.3 is 20.1 Å². The number of nitrogens with two attached hydrogens (primary N) is 1. The number of carbonyl (C=O) groups is 1. The second-order valence-electron chi connectivity index (χ2n) is 5.72. The lowest BCUT2D eigenvalue weighted by Crippen LogP contribution is -2.38. The first-order valence-corrected chi connectivity index (χ1v) is 7.55. The molecule has 0 saturated heterocycles. The number of hydrogen-bond donors (Lipinski definition) is 1. The second-order valence-corrected chi connectivity index (χ2v) is 5.72. The number of methoxy groups -OCH3 is 1. The summed E-state index contributed by atoms with van der Waals surface area (Å²) >= 11 is 0. The first-order valence-electron chi connectivity index (χ1n) is 7.55. The molecule has 0 bridgehead atoms. The van der Waals surface area contributed by atoms with E-state index >= 15 is 0 Å². The van der Waals surface area contributed by atoms with Crippen molar-refractivity contribution >= 4 is 17.3 Å². The summed E-state index contributed by atoms with van der Waals surface area (Å²) in [6, 6.07) is 13.1. The molecule has 0 spiro atoms. The minimum absolute atomic E-state index is 0.112. The molecule has 1 heterocycles. The fraction of sp³-hybridized carbons (Fsp3) is 0.278. The maximum atomic E-state index is 11.5. The number of ether oxygens (including phenoxy) is 2. The summed E-state index contributed by atoms with van der Waals surface area (Å²) in [6.07, 6.45) is 0.112. The molecule has 0 radical (unpaired) electrons. The van der Waals surface area contributed by atoms with Crippen LogP contribution in [0.3, 0.4) is 0 Å². The van der Waals surface area contributed by atoms with Crippen LogP contribution in [0.15, 0.2) is 42.5 Å². The minimum atomic E-state index is -0.324. The van der Waals surface area contributed by atoms with Gasteiger partial charge in [-0.1, -0.05) is 12.1 Å². The Morgan fingerprint density at radius 3 is 2.74 bits per heavy atom. The van der Waals surface area contributed by atoms with Gasteiger partial charge in [0, 0.05) is 12.2 Å². The van der Waals surface area contributed by atoms with Crippen LogP contribution in [0.5, 0.6) is 5.75 Å². The zero-order valence-corrected chi connectivity index (χ0v) is 13.3. The molecule has 3 rings (SSSR count). The third-order valence-electron chi connectivity index (χ3n) is 3.88. The lowest BCUT2D eigenvalue weighted by Gasteiger charge is -2.35. The zero-order valence-electron chi connectivity index (χ0n) is 13.3. The number of nitrogen functional groups attached to an aromatic ring is 1. The van der Waals surface area contributed by atoms with E-state index in [-0.39, 0.29) is 12.1 Å². The molecule has 0 fully saturated rings. The molecule has 5 heteroatoms. The van der Waals surface area contributed by atoms with Gasteiger partial charge >= 0.3 is 5.97 Å². The summed E-state index contributed by atoms with van der Waals surface area (Å²) in [4.78, 5) is 13.7. The van der Waals surface area contributed by atoms with Gasteiger partial charge in [-0.25, -0.2) is 4.79 Å². The van der Waals surface area contributed by atoms with Crippen LogP contribution in [0.25, 0.3) is 0 Å². The van der Waals surface area contributed by atoms with Gasteiger partial charge in [0.25, 0.3) is 0 Å². The molecule has 0 aromatic heterocycles. The zero-order chi connectivity index (χ0) is 16.4. The Labute approximate surface area is 135 Å². The number of esters is 1. The summed E-state index contributed by atoms with van der Waals surface area (Å²) in [5.74, 6) is 0.527. The molecule has 2 N–H and O–H groups in total. The Morgan fingerprint density at radius 2 is 2.04 bits per heavy atom. The summed E-state index contributed by atoms with van der Waals surface area (Å²) < 4.78 is 10.6. The lowest BCUT2D eigenvalue weighted by molar-refractivity contribution is 0.0600. The highest BCUT2D eigenvalue weighted by Gasteiger charge is 2.23. The van der Waals surface area contributed by atoms with E-state index in [9.17, 15) is 4.79 Å². The van der Waals surface area contributed by atoms with Crippen LogP contribution < -0.4 is 15.4 Å². The molecule has 0 aliphatic carbocycles. The van der Waals surface area contributed by atoms with Crippen LogP contribution in [-0.4, -0.2) is 25.7 Å². The number of carbonyl (C=O) groups excluding carboxylic acids is 1. The van der Waals surface area contributed by atoms with Crippen LogP contribution in [0, 0.1) is 0 Å². The maximum absolute atomic E-state index is 11.5. The van der Waals surface area contributed by atoms with Crippen molar-refractivity contribution in [3.05, 3.63) is 53.6 Å². The Bertz CT molecular complexity index is 713.